The van der Waals surface area contributed by atoms with Gasteiger partial charge in [0.05, 0.1) is 17.7 Å². The molecule has 0 atom stereocenters. The van der Waals surface area contributed by atoms with Crippen molar-refractivity contribution in [3.63, 3.8) is 0 Å². The largest absolute Gasteiger partial charge is 0.495 e. The fraction of sp³-hybridized carbons (Fsp3) is 0.263. The summed E-state index contributed by atoms with van der Waals surface area (Å²) in [5, 5.41) is 0. The Balaban J connectivity index is 1.96. The van der Waals surface area contributed by atoms with Crippen LogP contribution in [0.1, 0.15) is 25.3 Å². The van der Waals surface area contributed by atoms with Crippen molar-refractivity contribution >= 4 is 33.2 Å². The van der Waals surface area contributed by atoms with Gasteiger partial charge in [-0.2, -0.15) is 0 Å². The Morgan fingerprint density at radius 3 is 2.22 bits per heavy atom. The van der Waals surface area contributed by atoms with Crippen molar-refractivity contribution in [1.82, 2.24) is 0 Å². The van der Waals surface area contributed by atoms with E-state index < -0.39 is 10.0 Å². The predicted octanol–water partition coefficient (Wildman–Crippen LogP) is 2.71. The molecule has 3 rings (SSSR count). The Hall–Kier alpha value is -2.87. The van der Waals surface area contributed by atoms with Gasteiger partial charge in [0, 0.05) is 18.5 Å². The van der Waals surface area contributed by atoms with Gasteiger partial charge in [0.2, 0.25) is 11.8 Å². The van der Waals surface area contributed by atoms with Crippen LogP contribution in [0.25, 0.3) is 0 Å². The van der Waals surface area contributed by atoms with Crippen LogP contribution in [0.4, 0.5) is 11.4 Å². The number of hydrogen-bond donors (Lipinski definition) is 1. The highest BCUT2D eigenvalue weighted by atomic mass is 32.2. The monoisotopic (exact) mass is 388 g/mol. The minimum atomic E-state index is -3.90. The van der Waals surface area contributed by atoms with Gasteiger partial charge in [-0.3, -0.25) is 14.3 Å². The number of benzene rings is 2. The summed E-state index contributed by atoms with van der Waals surface area (Å²) in [5.74, 6) is -0.503. The third-order valence-electron chi connectivity index (χ3n) is 4.37. The molecule has 0 aliphatic carbocycles. The van der Waals surface area contributed by atoms with E-state index in [0.29, 0.717) is 5.69 Å². The van der Waals surface area contributed by atoms with E-state index in [9.17, 15) is 18.0 Å². The lowest BCUT2D eigenvalue weighted by molar-refractivity contribution is -0.121. The third kappa shape index (κ3) is 3.80. The number of amides is 2. The topological polar surface area (TPSA) is 92.8 Å². The van der Waals surface area contributed by atoms with E-state index in [1.165, 1.54) is 25.3 Å². The summed E-state index contributed by atoms with van der Waals surface area (Å²) in [5.41, 5.74) is 1.66. The molecule has 27 heavy (non-hydrogen) atoms. The van der Waals surface area contributed by atoms with Crippen molar-refractivity contribution in [3.8, 4) is 5.75 Å². The van der Waals surface area contributed by atoms with Crippen LogP contribution in [0.5, 0.6) is 5.75 Å². The Bertz CT molecular complexity index is 968. The maximum absolute atomic E-state index is 12.7. The molecular formula is C19H20N2O5S. The number of carbonyl (C=O) groups is 2. The molecule has 7 nitrogen and oxygen atoms in total. The molecule has 1 fully saturated rings. The molecule has 1 aliphatic rings. The number of nitrogens with one attached hydrogen (secondary N) is 1. The van der Waals surface area contributed by atoms with E-state index in [0.717, 1.165) is 16.9 Å². The molecule has 1 N–H and O–H groups in total. The number of rotatable bonds is 6. The summed E-state index contributed by atoms with van der Waals surface area (Å²) in [4.78, 5) is 25.0. The van der Waals surface area contributed by atoms with E-state index in [2.05, 4.69) is 4.72 Å². The third-order valence-corrected chi connectivity index (χ3v) is 5.75. The number of aryl methyl sites for hydroxylation is 1. The average molecular weight is 388 g/mol. The predicted molar refractivity (Wildman–Crippen MR) is 101 cm³/mol. The van der Waals surface area contributed by atoms with E-state index >= 15 is 0 Å². The first-order valence-electron chi connectivity index (χ1n) is 8.51. The maximum atomic E-state index is 12.7. The lowest BCUT2D eigenvalue weighted by Gasteiger charge is -2.18. The van der Waals surface area contributed by atoms with Crippen molar-refractivity contribution in [2.75, 3.05) is 16.7 Å². The first-order chi connectivity index (χ1) is 12.9. The van der Waals surface area contributed by atoms with Crippen LogP contribution in [-0.2, 0) is 26.0 Å². The molecular weight excluding hydrogens is 368 g/mol. The van der Waals surface area contributed by atoms with Gasteiger partial charge >= 0.3 is 0 Å². The second-order valence-corrected chi connectivity index (χ2v) is 7.79. The van der Waals surface area contributed by atoms with Crippen LogP contribution >= 0.6 is 0 Å². The maximum Gasteiger partial charge on any atom is 0.261 e. The van der Waals surface area contributed by atoms with Gasteiger partial charge in [-0.25, -0.2) is 13.3 Å². The van der Waals surface area contributed by atoms with Crippen LogP contribution in [0.3, 0.4) is 0 Å². The van der Waals surface area contributed by atoms with Crippen LogP contribution in [0.2, 0.25) is 0 Å². The molecule has 1 heterocycles. The van der Waals surface area contributed by atoms with Gasteiger partial charge in [0.15, 0.2) is 0 Å². The molecule has 1 saturated heterocycles. The molecule has 1 aliphatic heterocycles. The van der Waals surface area contributed by atoms with Gasteiger partial charge in [-0.15, -0.1) is 0 Å². The lowest BCUT2D eigenvalue weighted by Crippen LogP contribution is -2.29. The molecule has 0 radical (unpaired) electrons. The summed E-state index contributed by atoms with van der Waals surface area (Å²) < 4.78 is 33.2. The van der Waals surface area contributed by atoms with Crippen molar-refractivity contribution in [3.05, 3.63) is 48.0 Å². The molecule has 0 aromatic heterocycles. The van der Waals surface area contributed by atoms with E-state index in [-0.39, 0.29) is 41.0 Å². The van der Waals surface area contributed by atoms with Crippen LogP contribution in [0, 0.1) is 0 Å². The van der Waals surface area contributed by atoms with Gasteiger partial charge in [0.1, 0.15) is 5.75 Å². The molecule has 0 unspecified atom stereocenters. The summed E-state index contributed by atoms with van der Waals surface area (Å²) >= 11 is 0. The lowest BCUT2D eigenvalue weighted by atomic mass is 10.2. The number of nitrogens with zero attached hydrogens (tertiary/aromatic N) is 1. The number of imide groups is 1. The zero-order valence-corrected chi connectivity index (χ0v) is 15.9. The number of methoxy groups -OCH3 is 1. The standard InChI is InChI=1S/C19H20N2O5S/c1-3-13-4-6-14(7-5-13)20-27(24,25)15-8-9-17(26-2)16(12-15)21-18(22)10-11-19(21)23/h4-9,12,20H,3,10-11H2,1-2H3. The Kier molecular flexibility index (Phi) is 5.18. The number of carbonyl (C=O) groups excluding carboxylic acids is 2. The number of sulfonamides is 1. The van der Waals surface area contributed by atoms with Gasteiger partial charge in [-0.1, -0.05) is 19.1 Å². The van der Waals surface area contributed by atoms with Crippen LogP contribution in [-0.4, -0.2) is 27.3 Å². The van der Waals surface area contributed by atoms with Crippen molar-refractivity contribution in [2.45, 2.75) is 31.1 Å². The molecule has 0 spiro atoms. The number of hydrogen-bond acceptors (Lipinski definition) is 5. The summed E-state index contributed by atoms with van der Waals surface area (Å²) in [6, 6.07) is 11.2. The number of anilines is 2. The zero-order chi connectivity index (χ0) is 19.6. The van der Waals surface area contributed by atoms with Gasteiger partial charge < -0.3 is 4.74 Å². The van der Waals surface area contributed by atoms with Gasteiger partial charge in [0.25, 0.3) is 10.0 Å². The molecule has 0 saturated carbocycles. The van der Waals surface area contributed by atoms with Crippen molar-refractivity contribution in [1.29, 1.82) is 0 Å². The molecule has 2 aromatic carbocycles. The fourth-order valence-electron chi connectivity index (χ4n) is 2.88. The van der Waals surface area contributed by atoms with E-state index in [1.54, 1.807) is 12.1 Å². The molecule has 0 bridgehead atoms. The molecule has 2 aromatic rings. The highest BCUT2D eigenvalue weighted by Crippen LogP contribution is 2.34. The quantitative estimate of drug-likeness (QED) is 0.768. The highest BCUT2D eigenvalue weighted by Gasteiger charge is 2.33. The second kappa shape index (κ2) is 7.40. The SMILES string of the molecule is CCc1ccc(NS(=O)(=O)c2ccc(OC)c(N3C(=O)CCC3=O)c2)cc1. The normalized spacial score (nSPS) is 14.5. The minimum Gasteiger partial charge on any atom is -0.495 e. The zero-order valence-electron chi connectivity index (χ0n) is 15.1. The first-order valence-corrected chi connectivity index (χ1v) is 9.99. The molecule has 8 heteroatoms. The summed E-state index contributed by atoms with van der Waals surface area (Å²) in [6.07, 6.45) is 1.05. The summed E-state index contributed by atoms with van der Waals surface area (Å²) in [6.45, 7) is 2.01. The van der Waals surface area contributed by atoms with Crippen LogP contribution < -0.4 is 14.4 Å². The number of ether oxygens (including phenoxy) is 1. The van der Waals surface area contributed by atoms with Crippen LogP contribution in [0.15, 0.2) is 47.4 Å². The Morgan fingerprint density at radius 1 is 1.04 bits per heavy atom. The van der Waals surface area contributed by atoms with Gasteiger partial charge in [-0.05, 0) is 42.3 Å². The first kappa shape index (κ1) is 18.9. The smallest absolute Gasteiger partial charge is 0.261 e. The van der Waals surface area contributed by atoms with E-state index in [4.69, 9.17) is 4.74 Å². The molecule has 2 amide bonds. The van der Waals surface area contributed by atoms with Crippen molar-refractivity contribution in [2.24, 2.45) is 0 Å². The fourth-order valence-corrected chi connectivity index (χ4v) is 3.96. The average Bonchev–Trinajstić information content (AvgIpc) is 2.99. The van der Waals surface area contributed by atoms with E-state index in [1.807, 2.05) is 19.1 Å². The second-order valence-electron chi connectivity index (χ2n) is 6.11. The van der Waals surface area contributed by atoms with Crippen molar-refractivity contribution < 1.29 is 22.7 Å². The summed E-state index contributed by atoms with van der Waals surface area (Å²) in [7, 11) is -2.51. The minimum absolute atomic E-state index is 0.0645. The molecule has 142 valence electrons. The Labute approximate surface area is 158 Å². The highest BCUT2D eigenvalue weighted by molar-refractivity contribution is 7.92. The Morgan fingerprint density at radius 2 is 1.67 bits per heavy atom.